The van der Waals surface area contributed by atoms with Crippen molar-refractivity contribution < 1.29 is 9.21 Å². The van der Waals surface area contributed by atoms with E-state index in [9.17, 15) is 4.79 Å². The van der Waals surface area contributed by atoms with Crippen LogP contribution >= 0.6 is 0 Å². The first-order valence-electron chi connectivity index (χ1n) is 7.69. The van der Waals surface area contributed by atoms with Crippen LogP contribution in [0.2, 0.25) is 0 Å². The molecule has 0 aliphatic heterocycles. The topological polar surface area (TPSA) is 54.0 Å². The number of rotatable bonds is 3. The first-order valence-corrected chi connectivity index (χ1v) is 7.69. The Morgan fingerprint density at radius 3 is 2.35 bits per heavy atom. The fraction of sp³-hybridized carbons (Fsp3) is 0.647. The molecule has 1 aromatic rings. The van der Waals surface area contributed by atoms with Crippen LogP contribution < -0.4 is 0 Å². The summed E-state index contributed by atoms with van der Waals surface area (Å²) < 4.78 is 5.60. The van der Waals surface area contributed by atoms with Gasteiger partial charge in [0.2, 0.25) is 5.78 Å². The zero-order valence-electron chi connectivity index (χ0n) is 11.6. The zero-order valence-corrected chi connectivity index (χ0v) is 11.6. The highest BCUT2D eigenvalue weighted by Gasteiger charge is 2.55. The average molecular weight is 269 g/mol. The minimum atomic E-state index is -0.142. The van der Waals surface area contributed by atoms with Crippen LogP contribution in [0.3, 0.4) is 0 Å². The van der Waals surface area contributed by atoms with Gasteiger partial charge in [0.15, 0.2) is 5.76 Å². The van der Waals surface area contributed by atoms with Crippen LogP contribution in [0.5, 0.6) is 0 Å². The number of nitrogens with zero attached hydrogens (tertiary/aromatic N) is 1. The number of Topliss-reactive ketones (excluding diaryl/α,β-unsaturated/α-hetero) is 1. The molecule has 0 aromatic carbocycles. The Balaban J connectivity index is 1.63. The van der Waals surface area contributed by atoms with E-state index in [0.717, 1.165) is 37.0 Å². The molecule has 20 heavy (non-hydrogen) atoms. The van der Waals surface area contributed by atoms with Crippen molar-refractivity contribution in [3.8, 4) is 6.07 Å². The average Bonchev–Trinajstić information content (AvgIpc) is 2.85. The Morgan fingerprint density at radius 2 is 1.80 bits per heavy atom. The van der Waals surface area contributed by atoms with Gasteiger partial charge in [-0.2, -0.15) is 5.26 Å². The number of carbonyl (C=O) groups excluding carboxylic acids is 1. The molecule has 0 radical (unpaired) electrons. The van der Waals surface area contributed by atoms with Crippen LogP contribution in [0, 0.1) is 34.5 Å². The fourth-order valence-electron chi connectivity index (χ4n) is 5.32. The second-order valence-electron chi connectivity index (χ2n) is 7.13. The predicted octanol–water partition coefficient (Wildman–Crippen LogP) is 3.74. The number of hydrogen-bond donors (Lipinski definition) is 0. The molecule has 4 aliphatic rings. The molecule has 0 saturated heterocycles. The molecular weight excluding hydrogens is 250 g/mol. The zero-order chi connectivity index (χ0) is 13.7. The summed E-state index contributed by atoms with van der Waals surface area (Å²) in [5.74, 6) is 3.59. The molecule has 4 bridgehead atoms. The maximum absolute atomic E-state index is 12.9. The summed E-state index contributed by atoms with van der Waals surface area (Å²) in [6.45, 7) is 0. The summed E-state index contributed by atoms with van der Waals surface area (Å²) in [6.07, 6.45) is 7.44. The minimum Gasteiger partial charge on any atom is -0.457 e. The highest BCUT2D eigenvalue weighted by Crippen LogP contribution is 2.60. The van der Waals surface area contributed by atoms with Crippen molar-refractivity contribution in [1.82, 2.24) is 0 Å². The van der Waals surface area contributed by atoms with Crippen LogP contribution in [0.15, 0.2) is 16.5 Å². The van der Waals surface area contributed by atoms with Gasteiger partial charge in [-0.25, -0.2) is 0 Å². The molecule has 1 heterocycles. The molecule has 4 saturated carbocycles. The lowest BCUT2D eigenvalue weighted by atomic mass is 9.48. The van der Waals surface area contributed by atoms with Gasteiger partial charge in [-0.15, -0.1) is 0 Å². The number of nitriles is 1. The molecule has 0 atom stereocenters. The van der Waals surface area contributed by atoms with Crippen LogP contribution in [0.1, 0.15) is 54.8 Å². The third-order valence-corrected chi connectivity index (χ3v) is 5.66. The van der Waals surface area contributed by atoms with Crippen LogP contribution in [0.4, 0.5) is 0 Å². The molecular formula is C17H19NO2. The van der Waals surface area contributed by atoms with Gasteiger partial charge < -0.3 is 4.42 Å². The maximum Gasteiger partial charge on any atom is 0.204 e. The third kappa shape index (κ3) is 1.74. The molecule has 4 aliphatic carbocycles. The summed E-state index contributed by atoms with van der Waals surface area (Å²) in [5, 5.41) is 8.70. The first kappa shape index (κ1) is 12.2. The van der Waals surface area contributed by atoms with Crippen molar-refractivity contribution in [3.63, 3.8) is 0 Å². The fourth-order valence-corrected chi connectivity index (χ4v) is 5.32. The highest BCUT2D eigenvalue weighted by atomic mass is 16.3. The van der Waals surface area contributed by atoms with Gasteiger partial charge in [0.05, 0.1) is 12.5 Å². The summed E-state index contributed by atoms with van der Waals surface area (Å²) in [6, 6.07) is 5.61. The largest absolute Gasteiger partial charge is 0.457 e. The van der Waals surface area contributed by atoms with Gasteiger partial charge in [0.25, 0.3) is 0 Å². The van der Waals surface area contributed by atoms with E-state index in [2.05, 4.69) is 6.07 Å². The Kier molecular flexibility index (Phi) is 2.57. The standard InChI is InChI=1S/C17H19NO2/c18-4-3-14-1-2-15(20-14)16(19)17-8-11-5-12(9-17)7-13(6-11)10-17/h1-2,11-13H,3,5-10H2. The molecule has 104 valence electrons. The lowest BCUT2D eigenvalue weighted by molar-refractivity contribution is -0.0365. The molecule has 0 spiro atoms. The molecule has 4 fully saturated rings. The van der Waals surface area contributed by atoms with Crippen molar-refractivity contribution in [3.05, 3.63) is 23.7 Å². The predicted molar refractivity (Wildman–Crippen MR) is 73.0 cm³/mol. The van der Waals surface area contributed by atoms with E-state index in [0.29, 0.717) is 11.5 Å². The summed E-state index contributed by atoms with van der Waals surface area (Å²) in [4.78, 5) is 12.9. The maximum atomic E-state index is 12.9. The lowest BCUT2D eigenvalue weighted by Crippen LogP contribution is -2.49. The highest BCUT2D eigenvalue weighted by molar-refractivity contribution is 5.98. The molecule has 3 heteroatoms. The Hall–Kier alpha value is -1.56. The van der Waals surface area contributed by atoms with Gasteiger partial charge in [-0.3, -0.25) is 4.79 Å². The van der Waals surface area contributed by atoms with Gasteiger partial charge in [0, 0.05) is 5.41 Å². The van der Waals surface area contributed by atoms with E-state index in [4.69, 9.17) is 9.68 Å². The summed E-state index contributed by atoms with van der Waals surface area (Å²) in [5.41, 5.74) is -0.142. The monoisotopic (exact) mass is 269 g/mol. The molecule has 0 unspecified atom stereocenters. The molecule has 0 N–H and O–H groups in total. The normalized spacial score (nSPS) is 37.9. The van der Waals surface area contributed by atoms with Crippen LogP contribution in [-0.2, 0) is 6.42 Å². The smallest absolute Gasteiger partial charge is 0.204 e. The minimum absolute atomic E-state index is 0.142. The Bertz CT molecular complexity index is 557. The number of ketones is 1. The molecule has 1 aromatic heterocycles. The van der Waals surface area contributed by atoms with Gasteiger partial charge in [-0.05, 0) is 68.4 Å². The van der Waals surface area contributed by atoms with E-state index in [1.807, 2.05) is 0 Å². The van der Waals surface area contributed by atoms with Crippen molar-refractivity contribution >= 4 is 5.78 Å². The van der Waals surface area contributed by atoms with Crippen LogP contribution in [-0.4, -0.2) is 5.78 Å². The third-order valence-electron chi connectivity index (χ3n) is 5.66. The second kappa shape index (κ2) is 4.22. The van der Waals surface area contributed by atoms with Gasteiger partial charge >= 0.3 is 0 Å². The second-order valence-corrected chi connectivity index (χ2v) is 7.13. The Labute approximate surface area is 119 Å². The van der Waals surface area contributed by atoms with E-state index >= 15 is 0 Å². The Morgan fingerprint density at radius 1 is 1.20 bits per heavy atom. The van der Waals surface area contributed by atoms with E-state index < -0.39 is 0 Å². The molecule has 3 nitrogen and oxygen atoms in total. The van der Waals surface area contributed by atoms with Gasteiger partial charge in [0.1, 0.15) is 5.76 Å². The number of furan rings is 1. The van der Waals surface area contributed by atoms with Crippen molar-refractivity contribution in [2.75, 3.05) is 0 Å². The van der Waals surface area contributed by atoms with E-state index in [-0.39, 0.29) is 17.6 Å². The quantitative estimate of drug-likeness (QED) is 0.785. The lowest BCUT2D eigenvalue weighted by Gasteiger charge is -2.55. The van der Waals surface area contributed by atoms with Crippen molar-refractivity contribution in [2.45, 2.75) is 44.9 Å². The van der Waals surface area contributed by atoms with Crippen molar-refractivity contribution in [2.24, 2.45) is 23.2 Å². The first-order chi connectivity index (χ1) is 9.68. The summed E-state index contributed by atoms with van der Waals surface area (Å²) >= 11 is 0. The van der Waals surface area contributed by atoms with Crippen molar-refractivity contribution in [1.29, 1.82) is 5.26 Å². The van der Waals surface area contributed by atoms with Crippen LogP contribution in [0.25, 0.3) is 0 Å². The number of hydrogen-bond acceptors (Lipinski definition) is 3. The molecule has 0 amide bonds. The molecule has 5 rings (SSSR count). The SMILES string of the molecule is N#CCc1ccc(C(=O)C23CC4CC(CC(C4)C2)C3)o1. The van der Waals surface area contributed by atoms with E-state index in [1.54, 1.807) is 12.1 Å². The number of carbonyl (C=O) groups is 1. The van der Waals surface area contributed by atoms with Gasteiger partial charge in [-0.1, -0.05) is 0 Å². The van der Waals surface area contributed by atoms with E-state index in [1.165, 1.54) is 19.3 Å². The summed E-state index contributed by atoms with van der Waals surface area (Å²) in [7, 11) is 0.